The summed E-state index contributed by atoms with van der Waals surface area (Å²) in [6, 6.07) is 3.50. The minimum Gasteiger partial charge on any atom is -0.327 e. The molecular formula is C9H11F2NS. The first-order valence-corrected chi connectivity index (χ1v) is 5.05. The number of hydrogen-bond donors (Lipinski definition) is 1. The molecule has 0 saturated heterocycles. The quantitative estimate of drug-likeness (QED) is 0.594. The predicted molar refractivity (Wildman–Crippen MR) is 52.7 cm³/mol. The average molecular weight is 203 g/mol. The van der Waals surface area contributed by atoms with Crippen molar-refractivity contribution in [3.05, 3.63) is 29.8 Å². The van der Waals surface area contributed by atoms with Crippen molar-refractivity contribution >= 4 is 17.6 Å². The molecule has 0 spiro atoms. The first-order chi connectivity index (χ1) is 6.24. The summed E-state index contributed by atoms with van der Waals surface area (Å²) in [4.78, 5) is 0. The van der Waals surface area contributed by atoms with Crippen molar-refractivity contribution in [1.82, 2.24) is 0 Å². The molecule has 0 atom stereocenters. The highest BCUT2D eigenvalue weighted by molar-refractivity contribution is 8.00. The van der Waals surface area contributed by atoms with Gasteiger partial charge in [0.05, 0.1) is 5.69 Å². The van der Waals surface area contributed by atoms with Gasteiger partial charge in [-0.05, 0) is 18.6 Å². The molecule has 13 heavy (non-hydrogen) atoms. The van der Waals surface area contributed by atoms with Crippen LogP contribution in [-0.2, 0) is 0 Å². The molecule has 0 aromatic heterocycles. The lowest BCUT2D eigenvalue weighted by Gasteiger charge is -2.04. The van der Waals surface area contributed by atoms with Crippen LogP contribution in [0, 0.1) is 11.6 Å². The van der Waals surface area contributed by atoms with Crippen molar-refractivity contribution in [2.45, 2.75) is 13.3 Å². The second-order valence-corrected chi connectivity index (χ2v) is 3.48. The molecule has 1 N–H and O–H groups in total. The number of benzene rings is 1. The molecule has 1 aromatic carbocycles. The Balaban J connectivity index is 2.56. The van der Waals surface area contributed by atoms with Crippen LogP contribution in [-0.4, -0.2) is 5.75 Å². The summed E-state index contributed by atoms with van der Waals surface area (Å²) in [5, 5.41) is 0. The molecular weight excluding hydrogens is 192 g/mol. The van der Waals surface area contributed by atoms with E-state index in [0.717, 1.165) is 18.2 Å². The molecule has 0 aliphatic rings. The molecule has 0 radical (unpaired) electrons. The van der Waals surface area contributed by atoms with Gasteiger partial charge in [-0.25, -0.2) is 8.78 Å². The van der Waals surface area contributed by atoms with Gasteiger partial charge in [0, 0.05) is 11.8 Å². The molecule has 0 saturated carbocycles. The molecule has 0 fully saturated rings. The molecule has 0 amide bonds. The molecule has 0 aliphatic heterocycles. The van der Waals surface area contributed by atoms with Crippen LogP contribution in [0.4, 0.5) is 14.5 Å². The molecule has 0 unspecified atom stereocenters. The van der Waals surface area contributed by atoms with E-state index in [1.54, 1.807) is 0 Å². The van der Waals surface area contributed by atoms with E-state index in [4.69, 9.17) is 0 Å². The smallest absolute Gasteiger partial charge is 0.150 e. The van der Waals surface area contributed by atoms with E-state index >= 15 is 0 Å². The van der Waals surface area contributed by atoms with Gasteiger partial charge in [-0.1, -0.05) is 18.9 Å². The van der Waals surface area contributed by atoms with Crippen LogP contribution in [0.3, 0.4) is 0 Å². The SMILES string of the molecule is CCCSNc1ccc(F)cc1F. The zero-order chi connectivity index (χ0) is 9.68. The number of anilines is 1. The molecule has 1 nitrogen and oxygen atoms in total. The van der Waals surface area contributed by atoms with Gasteiger partial charge in [0.25, 0.3) is 0 Å². The topological polar surface area (TPSA) is 12.0 Å². The van der Waals surface area contributed by atoms with E-state index in [-0.39, 0.29) is 0 Å². The Bertz CT molecular complexity index is 278. The van der Waals surface area contributed by atoms with Crippen molar-refractivity contribution in [2.24, 2.45) is 0 Å². The Morgan fingerprint density at radius 1 is 1.38 bits per heavy atom. The summed E-state index contributed by atoms with van der Waals surface area (Å²) in [6.45, 7) is 2.04. The first-order valence-electron chi connectivity index (χ1n) is 4.07. The maximum atomic E-state index is 13.0. The number of nitrogens with one attached hydrogen (secondary N) is 1. The maximum absolute atomic E-state index is 13.0. The maximum Gasteiger partial charge on any atom is 0.150 e. The zero-order valence-electron chi connectivity index (χ0n) is 7.31. The standard InChI is InChI=1S/C9H11F2NS/c1-2-5-13-12-9-4-3-7(10)6-8(9)11/h3-4,6,12H,2,5H2,1H3. The van der Waals surface area contributed by atoms with Gasteiger partial charge in [-0.15, -0.1) is 0 Å². The fourth-order valence-corrected chi connectivity index (χ4v) is 1.43. The highest BCUT2D eigenvalue weighted by Crippen LogP contribution is 2.18. The molecule has 0 heterocycles. The summed E-state index contributed by atoms with van der Waals surface area (Å²) in [5.74, 6) is -0.205. The molecule has 1 aromatic rings. The third-order valence-electron chi connectivity index (χ3n) is 1.42. The van der Waals surface area contributed by atoms with Gasteiger partial charge in [0.15, 0.2) is 0 Å². The molecule has 72 valence electrons. The van der Waals surface area contributed by atoms with Gasteiger partial charge >= 0.3 is 0 Å². The van der Waals surface area contributed by atoms with Crippen LogP contribution in [0.5, 0.6) is 0 Å². The average Bonchev–Trinajstić information content (AvgIpc) is 2.09. The second kappa shape index (κ2) is 5.07. The highest BCUT2D eigenvalue weighted by Gasteiger charge is 2.01. The normalized spacial score (nSPS) is 10.1. The minimum absolute atomic E-state index is 0.333. The van der Waals surface area contributed by atoms with E-state index in [0.29, 0.717) is 5.69 Å². The van der Waals surface area contributed by atoms with E-state index in [9.17, 15) is 8.78 Å². The summed E-state index contributed by atoms with van der Waals surface area (Å²) in [5.41, 5.74) is 0.333. The van der Waals surface area contributed by atoms with Crippen LogP contribution < -0.4 is 4.72 Å². The van der Waals surface area contributed by atoms with Gasteiger partial charge in [-0.3, -0.25) is 0 Å². The van der Waals surface area contributed by atoms with E-state index in [2.05, 4.69) is 4.72 Å². The second-order valence-electron chi connectivity index (χ2n) is 2.57. The third kappa shape index (κ3) is 3.22. The Labute approximate surface area is 80.7 Å². The van der Waals surface area contributed by atoms with Crippen LogP contribution >= 0.6 is 11.9 Å². The van der Waals surface area contributed by atoms with Crippen LogP contribution in [0.15, 0.2) is 18.2 Å². The van der Waals surface area contributed by atoms with Gasteiger partial charge in [-0.2, -0.15) is 0 Å². The van der Waals surface area contributed by atoms with Crippen molar-refractivity contribution < 1.29 is 8.78 Å². The fourth-order valence-electron chi connectivity index (χ4n) is 0.803. The van der Waals surface area contributed by atoms with Gasteiger partial charge in [0.1, 0.15) is 11.6 Å². The van der Waals surface area contributed by atoms with Crippen LogP contribution in [0.2, 0.25) is 0 Å². The minimum atomic E-state index is -0.552. The zero-order valence-corrected chi connectivity index (χ0v) is 8.13. The molecule has 4 heteroatoms. The monoisotopic (exact) mass is 203 g/mol. The van der Waals surface area contributed by atoms with Gasteiger partial charge < -0.3 is 4.72 Å². The summed E-state index contributed by atoms with van der Waals surface area (Å²) < 4.78 is 28.2. The predicted octanol–water partition coefficient (Wildman–Crippen LogP) is 3.43. The van der Waals surface area contributed by atoms with Crippen LogP contribution in [0.25, 0.3) is 0 Å². The molecule has 0 bridgehead atoms. The lowest BCUT2D eigenvalue weighted by molar-refractivity contribution is 0.586. The van der Waals surface area contributed by atoms with Crippen LogP contribution in [0.1, 0.15) is 13.3 Å². The Kier molecular flexibility index (Phi) is 4.02. The number of halogens is 2. The van der Waals surface area contributed by atoms with Crippen molar-refractivity contribution in [3.63, 3.8) is 0 Å². The number of rotatable bonds is 4. The van der Waals surface area contributed by atoms with E-state index < -0.39 is 11.6 Å². The number of hydrogen-bond acceptors (Lipinski definition) is 2. The Hall–Kier alpha value is -0.770. The van der Waals surface area contributed by atoms with Crippen molar-refractivity contribution in [3.8, 4) is 0 Å². The van der Waals surface area contributed by atoms with Crippen molar-refractivity contribution in [1.29, 1.82) is 0 Å². The Morgan fingerprint density at radius 3 is 2.77 bits per heavy atom. The lowest BCUT2D eigenvalue weighted by atomic mass is 10.3. The molecule has 0 aliphatic carbocycles. The van der Waals surface area contributed by atoms with Crippen molar-refractivity contribution in [2.75, 3.05) is 10.5 Å². The Morgan fingerprint density at radius 2 is 2.15 bits per heavy atom. The fraction of sp³-hybridized carbons (Fsp3) is 0.333. The van der Waals surface area contributed by atoms with Gasteiger partial charge in [0.2, 0.25) is 0 Å². The largest absolute Gasteiger partial charge is 0.327 e. The molecule has 1 rings (SSSR count). The highest BCUT2D eigenvalue weighted by atomic mass is 32.2. The first kappa shape index (κ1) is 10.3. The lowest BCUT2D eigenvalue weighted by Crippen LogP contribution is -1.92. The van der Waals surface area contributed by atoms with E-state index in [1.165, 1.54) is 24.1 Å². The summed E-state index contributed by atoms with van der Waals surface area (Å²) in [6.07, 6.45) is 1.01. The third-order valence-corrected chi connectivity index (χ3v) is 2.40. The van der Waals surface area contributed by atoms with E-state index in [1.807, 2.05) is 6.92 Å². The summed E-state index contributed by atoms with van der Waals surface area (Å²) in [7, 11) is 0. The summed E-state index contributed by atoms with van der Waals surface area (Å²) >= 11 is 1.41.